The van der Waals surface area contributed by atoms with Gasteiger partial charge in [-0.2, -0.15) is 5.26 Å². The largest absolute Gasteiger partial charge is 0.396 e. The van der Waals surface area contributed by atoms with Gasteiger partial charge < -0.3 is 10.4 Å². The zero-order valence-electron chi connectivity index (χ0n) is 11.6. The molecule has 0 heterocycles. The first-order valence-electron chi connectivity index (χ1n) is 7.13. The van der Waals surface area contributed by atoms with Crippen LogP contribution in [0.3, 0.4) is 0 Å². The second-order valence-electron chi connectivity index (χ2n) is 5.38. The summed E-state index contributed by atoms with van der Waals surface area (Å²) < 4.78 is 0. The lowest BCUT2D eigenvalue weighted by Gasteiger charge is -2.29. The molecule has 1 aliphatic carbocycles. The van der Waals surface area contributed by atoms with Crippen molar-refractivity contribution in [3.63, 3.8) is 0 Å². The van der Waals surface area contributed by atoms with Gasteiger partial charge >= 0.3 is 0 Å². The second-order valence-corrected chi connectivity index (χ2v) is 5.38. The maximum absolute atomic E-state index is 12.4. The Bertz CT molecular complexity index is 496. The van der Waals surface area contributed by atoms with E-state index in [0.29, 0.717) is 24.9 Å². The molecule has 1 saturated carbocycles. The highest BCUT2D eigenvalue weighted by molar-refractivity contribution is 5.97. The number of amides is 1. The summed E-state index contributed by atoms with van der Waals surface area (Å²) in [5.74, 6) is -0.186. The number of benzene rings is 1. The van der Waals surface area contributed by atoms with Crippen LogP contribution in [-0.4, -0.2) is 17.6 Å². The minimum absolute atomic E-state index is 0.114. The fraction of sp³-hybridized carbons (Fsp3) is 0.500. The fourth-order valence-electron chi connectivity index (χ4n) is 2.68. The van der Waals surface area contributed by atoms with Crippen LogP contribution >= 0.6 is 0 Å². The lowest BCUT2D eigenvalue weighted by molar-refractivity contribution is -0.124. The molecule has 0 bridgehead atoms. The molecular weight excluding hydrogens is 252 g/mol. The summed E-state index contributed by atoms with van der Waals surface area (Å²) in [6.45, 7) is 0.114. The van der Waals surface area contributed by atoms with Gasteiger partial charge in [-0.3, -0.25) is 4.79 Å². The minimum Gasteiger partial charge on any atom is -0.396 e. The van der Waals surface area contributed by atoms with Crippen molar-refractivity contribution in [3.05, 3.63) is 29.8 Å². The zero-order valence-corrected chi connectivity index (χ0v) is 11.6. The van der Waals surface area contributed by atoms with Gasteiger partial charge in [0.05, 0.1) is 6.07 Å². The predicted octanol–water partition coefficient (Wildman–Crippen LogP) is 2.63. The highest BCUT2D eigenvalue weighted by Gasteiger charge is 2.39. The van der Waals surface area contributed by atoms with E-state index in [-0.39, 0.29) is 12.5 Å². The van der Waals surface area contributed by atoms with Crippen molar-refractivity contribution in [3.8, 4) is 6.07 Å². The maximum atomic E-state index is 12.4. The molecule has 0 spiro atoms. The monoisotopic (exact) mass is 272 g/mol. The Kier molecular flexibility index (Phi) is 4.75. The van der Waals surface area contributed by atoms with Crippen LogP contribution in [0.4, 0.5) is 5.69 Å². The van der Waals surface area contributed by atoms with E-state index in [1.165, 1.54) is 0 Å². The van der Waals surface area contributed by atoms with E-state index in [1.807, 2.05) is 24.3 Å². The predicted molar refractivity (Wildman–Crippen MR) is 77.0 cm³/mol. The van der Waals surface area contributed by atoms with Crippen LogP contribution in [0.2, 0.25) is 0 Å². The van der Waals surface area contributed by atoms with E-state index in [1.54, 1.807) is 0 Å². The summed E-state index contributed by atoms with van der Waals surface area (Å²) in [4.78, 5) is 12.4. The van der Waals surface area contributed by atoms with E-state index in [2.05, 4.69) is 11.4 Å². The van der Waals surface area contributed by atoms with Crippen LogP contribution in [0.25, 0.3) is 0 Å². The molecule has 4 heteroatoms. The number of hydrogen-bond donors (Lipinski definition) is 2. The first kappa shape index (κ1) is 14.5. The van der Waals surface area contributed by atoms with Gasteiger partial charge in [0.25, 0.3) is 0 Å². The number of nitriles is 1. The molecule has 4 nitrogen and oxygen atoms in total. The van der Waals surface area contributed by atoms with Crippen LogP contribution < -0.4 is 5.32 Å². The van der Waals surface area contributed by atoms with Gasteiger partial charge in [-0.25, -0.2) is 0 Å². The molecule has 0 radical (unpaired) electrons. The first-order chi connectivity index (χ1) is 9.70. The van der Waals surface area contributed by atoms with Crippen LogP contribution in [0.15, 0.2) is 24.3 Å². The zero-order chi connectivity index (χ0) is 14.4. The van der Waals surface area contributed by atoms with Gasteiger partial charge in [0.1, 0.15) is 5.41 Å². The van der Waals surface area contributed by atoms with Crippen molar-refractivity contribution in [2.75, 3.05) is 11.9 Å². The van der Waals surface area contributed by atoms with Gasteiger partial charge in [0, 0.05) is 12.3 Å². The van der Waals surface area contributed by atoms with Gasteiger partial charge in [0.2, 0.25) is 5.91 Å². The lowest BCUT2D eigenvalue weighted by atomic mass is 9.74. The highest BCUT2D eigenvalue weighted by atomic mass is 16.2. The number of anilines is 1. The number of carbonyl (C=O) groups is 1. The Morgan fingerprint density at radius 2 is 1.90 bits per heavy atom. The van der Waals surface area contributed by atoms with Crippen molar-refractivity contribution in [1.29, 1.82) is 5.26 Å². The molecule has 2 rings (SSSR count). The topological polar surface area (TPSA) is 73.1 Å². The molecule has 1 amide bonds. The van der Waals surface area contributed by atoms with Crippen LogP contribution in [0, 0.1) is 16.7 Å². The fourth-order valence-corrected chi connectivity index (χ4v) is 2.68. The van der Waals surface area contributed by atoms with Gasteiger partial charge in [-0.05, 0) is 37.0 Å². The maximum Gasteiger partial charge on any atom is 0.244 e. The molecule has 1 fully saturated rings. The molecule has 1 aromatic rings. The average Bonchev–Trinajstić information content (AvgIpc) is 2.50. The number of aliphatic hydroxyl groups is 1. The Morgan fingerprint density at radius 3 is 2.45 bits per heavy atom. The molecule has 106 valence electrons. The number of aliphatic hydroxyl groups excluding tert-OH is 1. The molecule has 0 aliphatic heterocycles. The van der Waals surface area contributed by atoms with Gasteiger partial charge in [-0.15, -0.1) is 0 Å². The number of rotatable bonds is 4. The summed E-state index contributed by atoms with van der Waals surface area (Å²) in [5.41, 5.74) is 0.872. The van der Waals surface area contributed by atoms with Gasteiger partial charge in [0.15, 0.2) is 0 Å². The first-order valence-corrected chi connectivity index (χ1v) is 7.13. The standard InChI is InChI=1S/C16H20N2O2/c17-12-16(9-2-1-3-10-16)15(20)18-14-6-4-13(5-7-14)8-11-19/h4-7,19H,1-3,8-11H2,(H,18,20). The van der Waals surface area contributed by atoms with E-state index in [9.17, 15) is 10.1 Å². The third kappa shape index (κ3) is 3.17. The summed E-state index contributed by atoms with van der Waals surface area (Å²) in [7, 11) is 0. The summed E-state index contributed by atoms with van der Waals surface area (Å²) >= 11 is 0. The van der Waals surface area contributed by atoms with E-state index in [4.69, 9.17) is 5.11 Å². The van der Waals surface area contributed by atoms with Crippen molar-refractivity contribution in [2.45, 2.75) is 38.5 Å². The number of hydrogen-bond acceptors (Lipinski definition) is 3. The Morgan fingerprint density at radius 1 is 1.25 bits per heavy atom. The van der Waals surface area contributed by atoms with E-state index >= 15 is 0 Å². The molecule has 0 saturated heterocycles. The number of nitrogens with zero attached hydrogens (tertiary/aromatic N) is 1. The van der Waals surface area contributed by atoms with Crippen molar-refractivity contribution in [2.24, 2.45) is 5.41 Å². The molecule has 0 unspecified atom stereocenters. The van der Waals surface area contributed by atoms with Gasteiger partial charge in [-0.1, -0.05) is 31.4 Å². The number of carbonyl (C=O) groups excluding carboxylic acids is 1. The van der Waals surface area contributed by atoms with Crippen molar-refractivity contribution < 1.29 is 9.90 Å². The Balaban J connectivity index is 2.05. The number of nitrogens with one attached hydrogen (secondary N) is 1. The SMILES string of the molecule is N#CC1(C(=O)Nc2ccc(CCO)cc2)CCCCC1. The molecule has 1 aliphatic rings. The molecule has 2 N–H and O–H groups in total. The second kappa shape index (κ2) is 6.53. The highest BCUT2D eigenvalue weighted by Crippen LogP contribution is 2.36. The van der Waals surface area contributed by atoms with Crippen LogP contribution in [-0.2, 0) is 11.2 Å². The third-order valence-corrected chi connectivity index (χ3v) is 3.97. The Labute approximate surface area is 119 Å². The van der Waals surface area contributed by atoms with Crippen LogP contribution in [0.5, 0.6) is 0 Å². The van der Waals surface area contributed by atoms with E-state index < -0.39 is 5.41 Å². The quantitative estimate of drug-likeness (QED) is 0.885. The molecule has 1 aromatic carbocycles. The third-order valence-electron chi connectivity index (χ3n) is 3.97. The van der Waals surface area contributed by atoms with Crippen molar-refractivity contribution >= 4 is 11.6 Å². The molecule has 20 heavy (non-hydrogen) atoms. The summed E-state index contributed by atoms with van der Waals surface area (Å²) in [5, 5.41) is 21.1. The van der Waals surface area contributed by atoms with Crippen molar-refractivity contribution in [1.82, 2.24) is 0 Å². The summed E-state index contributed by atoms with van der Waals surface area (Å²) in [6.07, 6.45) is 4.89. The van der Waals surface area contributed by atoms with Crippen LogP contribution in [0.1, 0.15) is 37.7 Å². The lowest BCUT2D eigenvalue weighted by Crippen LogP contribution is -2.36. The smallest absolute Gasteiger partial charge is 0.244 e. The molecule has 0 atom stereocenters. The average molecular weight is 272 g/mol. The summed E-state index contributed by atoms with van der Waals surface area (Å²) in [6, 6.07) is 9.62. The normalized spacial score (nSPS) is 17.2. The van der Waals surface area contributed by atoms with E-state index in [0.717, 1.165) is 24.8 Å². The Hall–Kier alpha value is -1.86. The molecular formula is C16H20N2O2. The molecule has 0 aromatic heterocycles. The minimum atomic E-state index is -0.859.